The van der Waals surface area contributed by atoms with Gasteiger partial charge in [-0.1, -0.05) is 60.7 Å². The van der Waals surface area contributed by atoms with Gasteiger partial charge in [0.2, 0.25) is 5.91 Å². The molecule has 3 aromatic rings. The number of benzene rings is 2. The van der Waals surface area contributed by atoms with Crippen molar-refractivity contribution in [2.75, 3.05) is 6.54 Å². The van der Waals surface area contributed by atoms with Gasteiger partial charge in [-0.25, -0.2) is 4.98 Å². The van der Waals surface area contributed by atoms with E-state index < -0.39 is 0 Å². The van der Waals surface area contributed by atoms with Gasteiger partial charge < -0.3 is 14.8 Å². The lowest BCUT2D eigenvalue weighted by Crippen LogP contribution is -2.40. The van der Waals surface area contributed by atoms with Crippen LogP contribution >= 0.6 is 0 Å². The third-order valence-corrected chi connectivity index (χ3v) is 6.14. The molecule has 1 saturated carbocycles. The molecule has 1 atom stereocenters. The minimum absolute atomic E-state index is 0.140. The van der Waals surface area contributed by atoms with Crippen molar-refractivity contribution in [2.24, 2.45) is 5.92 Å². The summed E-state index contributed by atoms with van der Waals surface area (Å²) in [6.07, 6.45) is 1.96. The van der Waals surface area contributed by atoms with Crippen LogP contribution in [0.4, 0.5) is 0 Å². The van der Waals surface area contributed by atoms with Crippen molar-refractivity contribution in [1.29, 1.82) is 0 Å². The van der Waals surface area contributed by atoms with Crippen molar-refractivity contribution in [2.45, 2.75) is 38.9 Å². The molecule has 2 heterocycles. The zero-order valence-corrected chi connectivity index (χ0v) is 17.6. The quantitative estimate of drug-likeness (QED) is 0.691. The summed E-state index contributed by atoms with van der Waals surface area (Å²) in [6.45, 7) is 3.70. The zero-order chi connectivity index (χ0) is 21.4. The molecule has 2 amide bonds. The molecule has 0 unspecified atom stereocenters. The number of hydrogen-bond acceptors (Lipinski definition) is 3. The van der Waals surface area contributed by atoms with E-state index >= 15 is 0 Å². The number of hydrogen-bond donors (Lipinski definition) is 1. The third-order valence-electron chi connectivity index (χ3n) is 6.14. The van der Waals surface area contributed by atoms with Gasteiger partial charge in [0, 0.05) is 24.6 Å². The minimum atomic E-state index is -0.206. The first-order valence-corrected chi connectivity index (χ1v) is 10.9. The van der Waals surface area contributed by atoms with Gasteiger partial charge in [0.05, 0.1) is 18.3 Å². The Morgan fingerprint density at radius 3 is 2.35 bits per heavy atom. The van der Waals surface area contributed by atoms with Gasteiger partial charge in [0.15, 0.2) is 5.69 Å². The molecule has 2 aliphatic rings. The molecule has 2 aromatic carbocycles. The van der Waals surface area contributed by atoms with E-state index in [2.05, 4.69) is 9.88 Å². The summed E-state index contributed by atoms with van der Waals surface area (Å²) in [5.74, 6) is 0.950. The molecule has 0 bridgehead atoms. The second-order valence-electron chi connectivity index (χ2n) is 8.39. The summed E-state index contributed by atoms with van der Waals surface area (Å²) in [5.41, 5.74) is 3.24. The Bertz CT molecular complexity index is 1100. The first-order valence-electron chi connectivity index (χ1n) is 10.9. The van der Waals surface area contributed by atoms with Crippen LogP contribution in [0.5, 0.6) is 0 Å². The van der Waals surface area contributed by atoms with Crippen LogP contribution in [0.15, 0.2) is 60.7 Å². The molecule has 158 valence electrons. The lowest BCUT2D eigenvalue weighted by Gasteiger charge is -2.29. The van der Waals surface area contributed by atoms with Gasteiger partial charge in [0.25, 0.3) is 5.91 Å². The maximum Gasteiger partial charge on any atom is 0.272 e. The van der Waals surface area contributed by atoms with Crippen LogP contribution in [0.2, 0.25) is 0 Å². The molecular weight excluding hydrogens is 388 g/mol. The van der Waals surface area contributed by atoms with E-state index in [1.54, 1.807) is 0 Å². The Labute approximate surface area is 181 Å². The van der Waals surface area contributed by atoms with Gasteiger partial charge in [-0.15, -0.1) is 0 Å². The number of fused-ring (bicyclic) bond motifs is 1. The average molecular weight is 415 g/mol. The highest BCUT2D eigenvalue weighted by atomic mass is 16.2. The highest BCUT2D eigenvalue weighted by Crippen LogP contribution is 2.33. The van der Waals surface area contributed by atoms with Crippen molar-refractivity contribution >= 4 is 11.8 Å². The topological polar surface area (TPSA) is 67.2 Å². The number of amides is 2. The van der Waals surface area contributed by atoms with Crippen molar-refractivity contribution in [3.63, 3.8) is 0 Å². The second-order valence-corrected chi connectivity index (χ2v) is 8.39. The minimum Gasteiger partial charge on any atom is -0.344 e. The normalized spacial score (nSPS) is 16.5. The first-order chi connectivity index (χ1) is 15.1. The van der Waals surface area contributed by atoms with E-state index in [0.717, 1.165) is 35.5 Å². The van der Waals surface area contributed by atoms with E-state index in [9.17, 15) is 9.59 Å². The smallest absolute Gasteiger partial charge is 0.272 e. The lowest BCUT2D eigenvalue weighted by atomic mass is 10.1. The predicted octanol–water partition coefficient (Wildman–Crippen LogP) is 3.79. The average Bonchev–Trinajstić information content (AvgIpc) is 3.59. The molecule has 5 rings (SSSR count). The van der Waals surface area contributed by atoms with Crippen LogP contribution in [-0.4, -0.2) is 32.8 Å². The fourth-order valence-electron chi connectivity index (χ4n) is 4.22. The zero-order valence-electron chi connectivity index (χ0n) is 17.6. The van der Waals surface area contributed by atoms with Crippen LogP contribution in [0.3, 0.4) is 0 Å². The van der Waals surface area contributed by atoms with Crippen molar-refractivity contribution in [3.8, 4) is 11.4 Å². The highest BCUT2D eigenvalue weighted by Gasteiger charge is 2.37. The number of nitrogens with one attached hydrogen (secondary N) is 1. The Balaban J connectivity index is 1.48. The molecule has 1 aliphatic carbocycles. The summed E-state index contributed by atoms with van der Waals surface area (Å²) >= 11 is 0. The third kappa shape index (κ3) is 3.85. The number of aromatic nitrogens is 2. The predicted molar refractivity (Wildman–Crippen MR) is 118 cm³/mol. The Hall–Kier alpha value is -3.41. The highest BCUT2D eigenvalue weighted by molar-refractivity contribution is 5.95. The van der Waals surface area contributed by atoms with E-state index in [0.29, 0.717) is 25.3 Å². The SMILES string of the molecule is C[C@H](NC(=O)c1nc(-c2ccccc2)n2c1CN(C(=O)C1CC1)CC2)c1ccccc1. The molecule has 1 aliphatic heterocycles. The molecular formula is C25H26N4O2. The Morgan fingerprint density at radius 2 is 1.68 bits per heavy atom. The fourth-order valence-corrected chi connectivity index (χ4v) is 4.22. The number of nitrogens with zero attached hydrogens (tertiary/aromatic N) is 3. The summed E-state index contributed by atoms with van der Waals surface area (Å²) in [4.78, 5) is 32.6. The summed E-state index contributed by atoms with van der Waals surface area (Å²) in [7, 11) is 0. The molecule has 6 nitrogen and oxygen atoms in total. The van der Waals surface area contributed by atoms with Crippen LogP contribution < -0.4 is 5.32 Å². The van der Waals surface area contributed by atoms with Gasteiger partial charge in [-0.05, 0) is 25.3 Å². The lowest BCUT2D eigenvalue weighted by molar-refractivity contribution is -0.134. The standard InChI is InChI=1S/C25H26N4O2/c1-17(18-8-4-2-5-9-18)26-24(30)22-21-16-28(25(31)20-12-13-20)14-15-29(21)23(27-22)19-10-6-3-7-11-19/h2-11,17,20H,12-16H2,1H3,(H,26,30)/t17-/m0/s1. The monoisotopic (exact) mass is 414 g/mol. The summed E-state index contributed by atoms with van der Waals surface area (Å²) in [5, 5.41) is 3.09. The number of carbonyl (C=O) groups excluding carboxylic acids is 2. The van der Waals surface area contributed by atoms with E-state index in [-0.39, 0.29) is 23.8 Å². The molecule has 0 radical (unpaired) electrons. The van der Waals surface area contributed by atoms with Crippen molar-refractivity contribution in [1.82, 2.24) is 19.8 Å². The largest absolute Gasteiger partial charge is 0.344 e. The molecule has 31 heavy (non-hydrogen) atoms. The molecule has 1 fully saturated rings. The fraction of sp³-hybridized carbons (Fsp3) is 0.320. The second kappa shape index (κ2) is 8.02. The molecule has 6 heteroatoms. The Kier molecular flexibility index (Phi) is 5.06. The maximum absolute atomic E-state index is 13.3. The molecule has 0 spiro atoms. The first kappa shape index (κ1) is 19.5. The maximum atomic E-state index is 13.3. The van der Waals surface area contributed by atoms with Gasteiger partial charge >= 0.3 is 0 Å². The van der Waals surface area contributed by atoms with Crippen molar-refractivity contribution in [3.05, 3.63) is 77.6 Å². The summed E-state index contributed by atoms with van der Waals surface area (Å²) < 4.78 is 2.11. The van der Waals surface area contributed by atoms with E-state index in [1.165, 1.54) is 0 Å². The Morgan fingerprint density at radius 1 is 1.00 bits per heavy atom. The van der Waals surface area contributed by atoms with Crippen LogP contribution in [0.1, 0.15) is 47.6 Å². The number of rotatable bonds is 5. The van der Waals surface area contributed by atoms with E-state index in [4.69, 9.17) is 4.98 Å². The number of imidazole rings is 1. The van der Waals surface area contributed by atoms with Crippen LogP contribution in [0.25, 0.3) is 11.4 Å². The molecule has 1 aromatic heterocycles. The molecule has 1 N–H and O–H groups in total. The van der Waals surface area contributed by atoms with Gasteiger partial charge in [-0.2, -0.15) is 0 Å². The summed E-state index contributed by atoms with van der Waals surface area (Å²) in [6, 6.07) is 19.7. The molecule has 0 saturated heterocycles. The van der Waals surface area contributed by atoms with Gasteiger partial charge in [0.1, 0.15) is 5.82 Å². The van der Waals surface area contributed by atoms with Crippen LogP contribution in [-0.2, 0) is 17.9 Å². The van der Waals surface area contributed by atoms with E-state index in [1.807, 2.05) is 72.5 Å². The van der Waals surface area contributed by atoms with Crippen LogP contribution in [0, 0.1) is 5.92 Å². The van der Waals surface area contributed by atoms with Gasteiger partial charge in [-0.3, -0.25) is 9.59 Å². The number of carbonyl (C=O) groups is 2. The van der Waals surface area contributed by atoms with Crippen molar-refractivity contribution < 1.29 is 9.59 Å².